The van der Waals surface area contributed by atoms with Crippen LogP contribution in [0.1, 0.15) is 17.3 Å². The van der Waals surface area contributed by atoms with Gasteiger partial charge >= 0.3 is 0 Å². The largest absolute Gasteiger partial charge is 0.340 e. The highest BCUT2D eigenvalue weighted by Gasteiger charge is 2.12. The second-order valence-corrected chi connectivity index (χ2v) is 4.14. The zero-order valence-corrected chi connectivity index (χ0v) is 10.0. The molecule has 1 aromatic carbocycles. The van der Waals surface area contributed by atoms with Gasteiger partial charge in [0.1, 0.15) is 5.82 Å². The van der Waals surface area contributed by atoms with Crippen LogP contribution in [-0.2, 0) is 13.5 Å². The zero-order chi connectivity index (χ0) is 12.3. The molecule has 0 aliphatic rings. The third-order valence-corrected chi connectivity index (χ3v) is 2.76. The molecule has 0 saturated heterocycles. The van der Waals surface area contributed by atoms with Gasteiger partial charge in [0.25, 0.3) is 0 Å². The number of benzene rings is 1. The minimum absolute atomic E-state index is 0.109. The molecule has 3 nitrogen and oxygen atoms in total. The van der Waals surface area contributed by atoms with Crippen LogP contribution in [0.5, 0.6) is 0 Å². The molecule has 0 radical (unpaired) electrons. The summed E-state index contributed by atoms with van der Waals surface area (Å²) in [6.07, 6.45) is 4.47. The van der Waals surface area contributed by atoms with Crippen LogP contribution in [0.2, 0.25) is 0 Å². The average Bonchev–Trinajstić information content (AvgIpc) is 2.73. The molecule has 1 aromatic heterocycles. The minimum Gasteiger partial charge on any atom is -0.340 e. The highest BCUT2D eigenvalue weighted by molar-refractivity contribution is 5.19. The molecule has 2 rings (SSSR count). The number of halogens is 1. The van der Waals surface area contributed by atoms with Crippen LogP contribution in [0.3, 0.4) is 0 Å². The first-order chi connectivity index (χ1) is 8.19. The fourth-order valence-corrected chi connectivity index (χ4v) is 1.87. The molecule has 0 aliphatic carbocycles. The SMILES string of the molecule is CNC(Cc1cccc(F)c1)c1cn(C)cn1. The fraction of sp³-hybridized carbons (Fsp3) is 0.308. The van der Waals surface area contributed by atoms with E-state index in [1.54, 1.807) is 18.5 Å². The van der Waals surface area contributed by atoms with Gasteiger partial charge in [-0.05, 0) is 31.2 Å². The topological polar surface area (TPSA) is 29.9 Å². The molecule has 17 heavy (non-hydrogen) atoms. The van der Waals surface area contributed by atoms with Crippen LogP contribution >= 0.6 is 0 Å². The Morgan fingerprint density at radius 1 is 1.47 bits per heavy atom. The van der Waals surface area contributed by atoms with Crippen molar-refractivity contribution in [1.29, 1.82) is 0 Å². The van der Waals surface area contributed by atoms with Crippen molar-refractivity contribution in [3.8, 4) is 0 Å². The summed E-state index contributed by atoms with van der Waals surface area (Å²) in [4.78, 5) is 4.31. The zero-order valence-electron chi connectivity index (χ0n) is 10.0. The number of rotatable bonds is 4. The summed E-state index contributed by atoms with van der Waals surface area (Å²) in [5.41, 5.74) is 1.94. The van der Waals surface area contributed by atoms with Gasteiger partial charge in [0.05, 0.1) is 18.1 Å². The predicted molar refractivity (Wildman–Crippen MR) is 65.1 cm³/mol. The van der Waals surface area contributed by atoms with E-state index in [0.29, 0.717) is 0 Å². The summed E-state index contributed by atoms with van der Waals surface area (Å²) in [5, 5.41) is 3.20. The van der Waals surface area contributed by atoms with Crippen LogP contribution in [0.25, 0.3) is 0 Å². The van der Waals surface area contributed by atoms with E-state index < -0.39 is 0 Å². The summed E-state index contributed by atoms with van der Waals surface area (Å²) in [5.74, 6) is -0.196. The van der Waals surface area contributed by atoms with Gasteiger partial charge in [-0.15, -0.1) is 0 Å². The first-order valence-electron chi connectivity index (χ1n) is 5.58. The normalized spacial score (nSPS) is 12.6. The lowest BCUT2D eigenvalue weighted by atomic mass is 10.0. The lowest BCUT2D eigenvalue weighted by molar-refractivity contribution is 0.572. The maximum atomic E-state index is 13.1. The summed E-state index contributed by atoms with van der Waals surface area (Å²) >= 11 is 0. The number of hydrogen-bond donors (Lipinski definition) is 1. The Hall–Kier alpha value is -1.68. The van der Waals surface area contributed by atoms with E-state index in [-0.39, 0.29) is 11.9 Å². The van der Waals surface area contributed by atoms with Gasteiger partial charge in [-0.2, -0.15) is 0 Å². The maximum Gasteiger partial charge on any atom is 0.123 e. The standard InChI is InChI=1S/C13H16FN3/c1-15-12(13-8-17(2)9-16-13)7-10-4-3-5-11(14)6-10/h3-6,8-9,12,15H,7H2,1-2H3. The number of aromatic nitrogens is 2. The molecule has 4 heteroatoms. The van der Waals surface area contributed by atoms with Crippen LogP contribution in [0.4, 0.5) is 4.39 Å². The van der Waals surface area contributed by atoms with Gasteiger partial charge in [0.2, 0.25) is 0 Å². The lowest BCUT2D eigenvalue weighted by Gasteiger charge is -2.13. The minimum atomic E-state index is -0.196. The Balaban J connectivity index is 2.15. The quantitative estimate of drug-likeness (QED) is 0.876. The highest BCUT2D eigenvalue weighted by atomic mass is 19.1. The monoisotopic (exact) mass is 233 g/mol. The number of aryl methyl sites for hydroxylation is 1. The van der Waals surface area contributed by atoms with E-state index in [9.17, 15) is 4.39 Å². The molecule has 1 unspecified atom stereocenters. The lowest BCUT2D eigenvalue weighted by Crippen LogP contribution is -2.19. The first-order valence-corrected chi connectivity index (χ1v) is 5.58. The Morgan fingerprint density at radius 3 is 2.88 bits per heavy atom. The van der Waals surface area contributed by atoms with Crippen LogP contribution < -0.4 is 5.32 Å². The van der Waals surface area contributed by atoms with Crippen molar-refractivity contribution in [2.45, 2.75) is 12.5 Å². The second kappa shape index (κ2) is 5.10. The maximum absolute atomic E-state index is 13.1. The number of hydrogen-bond acceptors (Lipinski definition) is 2. The molecule has 0 saturated carbocycles. The Bertz CT molecular complexity index is 493. The van der Waals surface area contributed by atoms with Crippen molar-refractivity contribution in [3.05, 3.63) is 53.9 Å². The highest BCUT2D eigenvalue weighted by Crippen LogP contribution is 2.16. The smallest absolute Gasteiger partial charge is 0.123 e. The number of likely N-dealkylation sites (N-methyl/N-ethyl adjacent to an activating group) is 1. The van der Waals surface area contributed by atoms with Crippen LogP contribution in [0, 0.1) is 5.82 Å². The Kier molecular flexibility index (Phi) is 3.54. The first kappa shape index (κ1) is 11.8. The summed E-state index contributed by atoms with van der Waals surface area (Å²) in [6.45, 7) is 0. The van der Waals surface area contributed by atoms with E-state index in [2.05, 4.69) is 10.3 Å². The summed E-state index contributed by atoms with van der Waals surface area (Å²) < 4.78 is 15.0. The van der Waals surface area contributed by atoms with E-state index >= 15 is 0 Å². The van der Waals surface area contributed by atoms with Crippen LogP contribution in [-0.4, -0.2) is 16.6 Å². The molecular weight excluding hydrogens is 217 g/mol. The number of nitrogens with one attached hydrogen (secondary N) is 1. The van der Waals surface area contributed by atoms with E-state index in [0.717, 1.165) is 17.7 Å². The summed E-state index contributed by atoms with van der Waals surface area (Å²) in [6, 6.07) is 6.79. The molecule has 2 aromatic rings. The molecule has 0 fully saturated rings. The molecule has 0 amide bonds. The van der Waals surface area contributed by atoms with E-state index in [1.807, 2.05) is 30.9 Å². The Labute approximate surface area is 100 Å². The molecule has 0 bridgehead atoms. The third kappa shape index (κ3) is 2.91. The Morgan fingerprint density at radius 2 is 2.29 bits per heavy atom. The molecule has 1 heterocycles. The van der Waals surface area contributed by atoms with Gasteiger partial charge in [-0.3, -0.25) is 0 Å². The van der Waals surface area contributed by atoms with Crippen molar-refractivity contribution in [3.63, 3.8) is 0 Å². The molecule has 1 N–H and O–H groups in total. The van der Waals surface area contributed by atoms with Crippen molar-refractivity contribution in [1.82, 2.24) is 14.9 Å². The van der Waals surface area contributed by atoms with Crippen molar-refractivity contribution in [2.75, 3.05) is 7.05 Å². The van der Waals surface area contributed by atoms with Gasteiger partial charge in [-0.25, -0.2) is 9.37 Å². The van der Waals surface area contributed by atoms with Gasteiger partial charge in [0, 0.05) is 13.2 Å². The molecular formula is C13H16FN3. The van der Waals surface area contributed by atoms with E-state index in [4.69, 9.17) is 0 Å². The van der Waals surface area contributed by atoms with Gasteiger partial charge in [0.15, 0.2) is 0 Å². The van der Waals surface area contributed by atoms with Crippen LogP contribution in [0.15, 0.2) is 36.8 Å². The van der Waals surface area contributed by atoms with Gasteiger partial charge in [-0.1, -0.05) is 12.1 Å². The second-order valence-electron chi connectivity index (χ2n) is 4.14. The van der Waals surface area contributed by atoms with Crippen molar-refractivity contribution < 1.29 is 4.39 Å². The average molecular weight is 233 g/mol. The van der Waals surface area contributed by atoms with Crippen molar-refractivity contribution in [2.24, 2.45) is 7.05 Å². The molecule has 0 spiro atoms. The molecule has 0 aliphatic heterocycles. The van der Waals surface area contributed by atoms with E-state index in [1.165, 1.54) is 6.07 Å². The number of nitrogens with zero attached hydrogens (tertiary/aromatic N) is 2. The number of imidazole rings is 1. The summed E-state index contributed by atoms with van der Waals surface area (Å²) in [7, 11) is 3.82. The predicted octanol–water partition coefficient (Wildman–Crippen LogP) is 2.06. The van der Waals surface area contributed by atoms with Crippen molar-refractivity contribution >= 4 is 0 Å². The molecule has 1 atom stereocenters. The fourth-order valence-electron chi connectivity index (χ4n) is 1.87. The van der Waals surface area contributed by atoms with Gasteiger partial charge < -0.3 is 9.88 Å². The third-order valence-electron chi connectivity index (χ3n) is 2.76. The molecule has 90 valence electrons.